The molecule has 0 aromatic carbocycles. The lowest BCUT2D eigenvalue weighted by Crippen LogP contribution is -2.47. The van der Waals surface area contributed by atoms with Crippen LogP contribution in [0.3, 0.4) is 0 Å². The van der Waals surface area contributed by atoms with Crippen LogP contribution < -0.4 is 10.6 Å². The number of guanidine groups is 1. The van der Waals surface area contributed by atoms with Gasteiger partial charge in [0.25, 0.3) is 0 Å². The predicted molar refractivity (Wildman–Crippen MR) is 127 cm³/mol. The van der Waals surface area contributed by atoms with E-state index < -0.39 is 0 Å². The fourth-order valence-corrected chi connectivity index (χ4v) is 3.60. The lowest BCUT2D eigenvalue weighted by atomic mass is 10.00. The number of rotatable bonds is 10. The van der Waals surface area contributed by atoms with Crippen molar-refractivity contribution in [2.45, 2.75) is 71.4 Å². The van der Waals surface area contributed by atoms with Crippen molar-refractivity contribution < 1.29 is 4.42 Å². The Morgan fingerprint density at radius 1 is 1.41 bits per heavy atom. The molecule has 0 saturated carbocycles. The molecule has 2 atom stereocenters. The molecule has 0 spiro atoms. The van der Waals surface area contributed by atoms with Crippen molar-refractivity contribution in [3.8, 4) is 0 Å². The highest BCUT2D eigenvalue weighted by Gasteiger charge is 2.20. The zero-order valence-corrected chi connectivity index (χ0v) is 20.0. The summed E-state index contributed by atoms with van der Waals surface area (Å²) < 4.78 is 7.43. The van der Waals surface area contributed by atoms with Gasteiger partial charge < -0.3 is 15.1 Å². The average molecular weight is 514 g/mol. The maximum absolute atomic E-state index is 5.44. The van der Waals surface area contributed by atoms with Gasteiger partial charge in [0.2, 0.25) is 0 Å². The van der Waals surface area contributed by atoms with Crippen molar-refractivity contribution in [2.24, 2.45) is 10.9 Å². The Kier molecular flexibility index (Phi) is 10.5. The molecular formula is C21H35IN6O. The Balaban J connectivity index is 0.00000300. The molecule has 162 valence electrons. The first kappa shape index (κ1) is 23.7. The van der Waals surface area contributed by atoms with Crippen LogP contribution in [0.25, 0.3) is 0 Å². The molecule has 0 bridgehead atoms. The van der Waals surface area contributed by atoms with Crippen LogP contribution in [0.1, 0.15) is 57.5 Å². The Bertz CT molecular complexity index is 715. The third kappa shape index (κ3) is 7.64. The summed E-state index contributed by atoms with van der Waals surface area (Å²) in [6.07, 6.45) is 11.2. The minimum atomic E-state index is 0. The summed E-state index contributed by atoms with van der Waals surface area (Å²) in [7, 11) is 0. The Labute approximate surface area is 191 Å². The van der Waals surface area contributed by atoms with Crippen LogP contribution >= 0.6 is 24.0 Å². The number of nitrogens with one attached hydrogen (secondary N) is 2. The second kappa shape index (κ2) is 12.9. The highest BCUT2D eigenvalue weighted by Crippen LogP contribution is 2.14. The molecule has 0 saturated heterocycles. The highest BCUT2D eigenvalue weighted by atomic mass is 127. The number of aromatic nitrogens is 3. The number of nitrogens with zero attached hydrogens (tertiary/aromatic N) is 4. The molecule has 2 unspecified atom stereocenters. The van der Waals surface area contributed by atoms with Gasteiger partial charge in [0.05, 0.1) is 12.8 Å². The van der Waals surface area contributed by atoms with E-state index in [0.29, 0.717) is 12.0 Å². The van der Waals surface area contributed by atoms with E-state index in [0.717, 1.165) is 56.4 Å². The van der Waals surface area contributed by atoms with Gasteiger partial charge in [-0.05, 0) is 30.9 Å². The minimum Gasteiger partial charge on any atom is -0.469 e. The number of furan rings is 1. The molecule has 2 aromatic rings. The fourth-order valence-electron chi connectivity index (χ4n) is 3.60. The van der Waals surface area contributed by atoms with E-state index in [2.05, 4.69) is 34.6 Å². The molecule has 0 amide bonds. The number of aliphatic imine (C=N–C) groups is 1. The summed E-state index contributed by atoms with van der Waals surface area (Å²) in [4.78, 5) is 9.24. The summed E-state index contributed by atoms with van der Waals surface area (Å²) in [6, 6.07) is 4.26. The number of hydrogen-bond acceptors (Lipinski definition) is 4. The molecule has 1 aliphatic rings. The number of hydrogen-bond donors (Lipinski definition) is 2. The van der Waals surface area contributed by atoms with Crippen LogP contribution in [0.15, 0.2) is 34.1 Å². The van der Waals surface area contributed by atoms with Crippen LogP contribution in [0, 0.1) is 5.92 Å². The largest absolute Gasteiger partial charge is 0.469 e. The van der Waals surface area contributed by atoms with Gasteiger partial charge in [-0.25, -0.2) is 9.67 Å². The van der Waals surface area contributed by atoms with Gasteiger partial charge in [0, 0.05) is 32.0 Å². The maximum Gasteiger partial charge on any atom is 0.191 e. The van der Waals surface area contributed by atoms with Gasteiger partial charge in [-0.1, -0.05) is 33.1 Å². The third-order valence-electron chi connectivity index (χ3n) is 5.44. The standard InChI is InChI=1S/C21H34N6O.HI/c1-3-5-7-17(4-2)14-23-21(22-12-11-19-8-6-13-28-19)26-18-9-10-20-24-16-25-27(20)15-18;/h6,8,13,16-18H,3-5,7,9-12,14-15H2,1-2H3,(H2,22,23,26);1H. The molecule has 0 aliphatic carbocycles. The van der Waals surface area contributed by atoms with Crippen LogP contribution in [-0.2, 0) is 19.4 Å². The SMILES string of the molecule is CCCCC(CC)CN=C(NCCc1ccco1)NC1CCc2ncnn2C1.I. The van der Waals surface area contributed by atoms with Crippen molar-refractivity contribution in [1.82, 2.24) is 25.4 Å². The summed E-state index contributed by atoms with van der Waals surface area (Å²) in [5, 5.41) is 11.4. The maximum atomic E-state index is 5.44. The van der Waals surface area contributed by atoms with Gasteiger partial charge in [0.1, 0.15) is 17.9 Å². The van der Waals surface area contributed by atoms with Crippen molar-refractivity contribution in [1.29, 1.82) is 0 Å². The first-order chi connectivity index (χ1) is 13.8. The number of unbranched alkanes of at least 4 members (excludes halogenated alkanes) is 1. The van der Waals surface area contributed by atoms with Crippen molar-refractivity contribution in [2.75, 3.05) is 13.1 Å². The van der Waals surface area contributed by atoms with E-state index in [1.54, 1.807) is 12.6 Å². The van der Waals surface area contributed by atoms with Gasteiger partial charge in [0.15, 0.2) is 5.96 Å². The monoisotopic (exact) mass is 514 g/mol. The van der Waals surface area contributed by atoms with E-state index in [9.17, 15) is 0 Å². The number of fused-ring (bicyclic) bond motifs is 1. The van der Waals surface area contributed by atoms with Crippen molar-refractivity contribution in [3.05, 3.63) is 36.3 Å². The molecule has 1 aliphatic heterocycles. The number of halogens is 1. The second-order valence-corrected chi connectivity index (χ2v) is 7.60. The average Bonchev–Trinajstić information content (AvgIpc) is 3.39. The Hall–Kier alpha value is -1.58. The van der Waals surface area contributed by atoms with Crippen LogP contribution in [-0.4, -0.2) is 39.9 Å². The smallest absolute Gasteiger partial charge is 0.191 e. The molecule has 8 heteroatoms. The molecule has 0 fully saturated rings. The van der Waals surface area contributed by atoms with Gasteiger partial charge in [-0.15, -0.1) is 24.0 Å². The summed E-state index contributed by atoms with van der Waals surface area (Å²) in [5.41, 5.74) is 0. The van der Waals surface area contributed by atoms with Crippen molar-refractivity contribution >= 4 is 29.9 Å². The van der Waals surface area contributed by atoms with E-state index in [1.807, 2.05) is 16.8 Å². The molecular weight excluding hydrogens is 479 g/mol. The zero-order valence-electron chi connectivity index (χ0n) is 17.6. The second-order valence-electron chi connectivity index (χ2n) is 7.60. The predicted octanol–water partition coefficient (Wildman–Crippen LogP) is 3.80. The molecule has 0 radical (unpaired) electrons. The molecule has 2 aromatic heterocycles. The lowest BCUT2D eigenvalue weighted by Gasteiger charge is -2.26. The molecule has 29 heavy (non-hydrogen) atoms. The van der Waals surface area contributed by atoms with Crippen molar-refractivity contribution in [3.63, 3.8) is 0 Å². The summed E-state index contributed by atoms with van der Waals surface area (Å²) in [5.74, 6) is 3.62. The number of aryl methyl sites for hydroxylation is 1. The molecule has 7 nitrogen and oxygen atoms in total. The highest BCUT2D eigenvalue weighted by molar-refractivity contribution is 14.0. The molecule has 3 heterocycles. The quantitative estimate of drug-likeness (QED) is 0.287. The van der Waals surface area contributed by atoms with Gasteiger partial charge >= 0.3 is 0 Å². The van der Waals surface area contributed by atoms with Gasteiger partial charge in [-0.3, -0.25) is 4.99 Å². The Morgan fingerprint density at radius 2 is 2.31 bits per heavy atom. The molecule has 2 N–H and O–H groups in total. The van der Waals surface area contributed by atoms with E-state index in [1.165, 1.54) is 25.7 Å². The molecule has 3 rings (SSSR count). The van der Waals surface area contributed by atoms with E-state index in [4.69, 9.17) is 9.41 Å². The van der Waals surface area contributed by atoms with Crippen LogP contribution in [0.4, 0.5) is 0 Å². The lowest BCUT2D eigenvalue weighted by molar-refractivity contribution is 0.391. The van der Waals surface area contributed by atoms with Crippen LogP contribution in [0.5, 0.6) is 0 Å². The van der Waals surface area contributed by atoms with Crippen LogP contribution in [0.2, 0.25) is 0 Å². The fraction of sp³-hybridized carbons (Fsp3) is 0.667. The third-order valence-corrected chi connectivity index (χ3v) is 5.44. The normalized spacial score (nSPS) is 17.3. The first-order valence-corrected chi connectivity index (χ1v) is 10.7. The summed E-state index contributed by atoms with van der Waals surface area (Å²) >= 11 is 0. The van der Waals surface area contributed by atoms with Gasteiger partial charge in [-0.2, -0.15) is 5.10 Å². The zero-order chi connectivity index (χ0) is 19.6. The van der Waals surface area contributed by atoms with E-state index in [-0.39, 0.29) is 24.0 Å². The first-order valence-electron chi connectivity index (χ1n) is 10.7. The minimum absolute atomic E-state index is 0. The topological polar surface area (TPSA) is 80.3 Å². The Morgan fingerprint density at radius 3 is 3.07 bits per heavy atom. The van der Waals surface area contributed by atoms with E-state index >= 15 is 0 Å². The summed E-state index contributed by atoms with van der Waals surface area (Å²) in [6.45, 7) is 7.02.